The van der Waals surface area contributed by atoms with Crippen LogP contribution in [-0.2, 0) is 4.79 Å². The van der Waals surface area contributed by atoms with Crippen molar-refractivity contribution in [1.82, 2.24) is 10.6 Å². The number of carboxylic acids is 1. The van der Waals surface area contributed by atoms with Crippen molar-refractivity contribution < 1.29 is 19.8 Å². The molecule has 0 heterocycles. The van der Waals surface area contributed by atoms with Gasteiger partial charge in [0.2, 0.25) is 0 Å². The van der Waals surface area contributed by atoms with E-state index in [-0.39, 0.29) is 0 Å². The maximum atomic E-state index is 11.7. The molecule has 2 rings (SSSR count). The van der Waals surface area contributed by atoms with Crippen LogP contribution in [0.1, 0.15) is 32.6 Å². The first kappa shape index (κ1) is 14.1. The van der Waals surface area contributed by atoms with Crippen molar-refractivity contribution in [3.8, 4) is 0 Å². The van der Waals surface area contributed by atoms with Crippen molar-refractivity contribution in [2.24, 2.45) is 17.8 Å². The fourth-order valence-electron chi connectivity index (χ4n) is 2.56. The monoisotopic (exact) mass is 270 g/mol. The van der Waals surface area contributed by atoms with Gasteiger partial charge < -0.3 is 20.8 Å². The van der Waals surface area contributed by atoms with E-state index in [1.807, 2.05) is 0 Å². The van der Waals surface area contributed by atoms with Gasteiger partial charge in [-0.15, -0.1) is 0 Å². The molecule has 2 atom stereocenters. The van der Waals surface area contributed by atoms with Gasteiger partial charge in [0, 0.05) is 6.54 Å². The second-order valence-electron chi connectivity index (χ2n) is 5.75. The normalized spacial score (nSPS) is 21.8. The van der Waals surface area contributed by atoms with E-state index in [1.165, 1.54) is 32.6 Å². The number of urea groups is 1. The first-order valence-corrected chi connectivity index (χ1v) is 6.94. The summed E-state index contributed by atoms with van der Waals surface area (Å²) in [5.41, 5.74) is 0. The number of amides is 2. The minimum atomic E-state index is -1.26. The van der Waals surface area contributed by atoms with E-state index in [1.54, 1.807) is 0 Å². The summed E-state index contributed by atoms with van der Waals surface area (Å²) < 4.78 is 0. The molecule has 0 aromatic carbocycles. The molecular weight excluding hydrogens is 248 g/mol. The van der Waals surface area contributed by atoms with E-state index in [0.29, 0.717) is 12.5 Å². The van der Waals surface area contributed by atoms with Gasteiger partial charge in [0.1, 0.15) is 0 Å². The highest BCUT2D eigenvalue weighted by molar-refractivity contribution is 5.82. The van der Waals surface area contributed by atoms with Crippen molar-refractivity contribution in [2.45, 2.75) is 44.8 Å². The predicted octanol–water partition coefficient (Wildman–Crippen LogP) is 0.556. The maximum Gasteiger partial charge on any atom is 0.328 e. The van der Waals surface area contributed by atoms with Crippen molar-refractivity contribution in [1.29, 1.82) is 0 Å². The third kappa shape index (κ3) is 4.09. The average molecular weight is 270 g/mol. The molecule has 4 N–H and O–H groups in total. The number of aliphatic hydroxyl groups is 1. The topological polar surface area (TPSA) is 98.7 Å². The molecule has 0 spiro atoms. The molecule has 2 aliphatic carbocycles. The Balaban J connectivity index is 1.75. The molecule has 19 heavy (non-hydrogen) atoms. The largest absolute Gasteiger partial charge is 0.480 e. The standard InChI is InChI=1S/C13H22N2O4/c1-7(16)11(12(17)18)15-13(19)14-6-10(8-2-3-8)9-4-5-9/h7-11,16H,2-6H2,1H3,(H,17,18)(H2,14,15,19). The van der Waals surface area contributed by atoms with Crippen LogP contribution in [0.25, 0.3) is 0 Å². The molecule has 6 heteroatoms. The highest BCUT2D eigenvalue weighted by Gasteiger charge is 2.41. The first-order valence-electron chi connectivity index (χ1n) is 6.94. The number of aliphatic hydroxyl groups excluding tert-OH is 1. The molecule has 0 aliphatic heterocycles. The quantitative estimate of drug-likeness (QED) is 0.543. The van der Waals surface area contributed by atoms with E-state index >= 15 is 0 Å². The molecule has 0 radical (unpaired) electrons. The van der Waals surface area contributed by atoms with E-state index in [9.17, 15) is 14.7 Å². The summed E-state index contributed by atoms with van der Waals surface area (Å²) in [4.78, 5) is 22.5. The molecule has 108 valence electrons. The lowest BCUT2D eigenvalue weighted by molar-refractivity contribution is -0.141. The third-order valence-electron chi connectivity index (χ3n) is 3.99. The van der Waals surface area contributed by atoms with Gasteiger partial charge in [0.05, 0.1) is 6.10 Å². The molecule has 0 bridgehead atoms. The molecule has 2 saturated carbocycles. The van der Waals surface area contributed by atoms with Crippen LogP contribution in [0, 0.1) is 17.8 Å². The van der Waals surface area contributed by atoms with Crippen LogP contribution in [0.2, 0.25) is 0 Å². The number of carboxylic acid groups (broad SMARTS) is 1. The summed E-state index contributed by atoms with van der Waals surface area (Å²) in [7, 11) is 0. The second-order valence-corrected chi connectivity index (χ2v) is 5.75. The van der Waals surface area contributed by atoms with E-state index in [4.69, 9.17) is 5.11 Å². The lowest BCUT2D eigenvalue weighted by Crippen LogP contribution is -2.51. The maximum absolute atomic E-state index is 11.7. The number of carbonyl (C=O) groups excluding carboxylic acids is 1. The lowest BCUT2D eigenvalue weighted by Gasteiger charge is -2.20. The number of hydrogen-bond acceptors (Lipinski definition) is 3. The Hall–Kier alpha value is -1.30. The highest BCUT2D eigenvalue weighted by atomic mass is 16.4. The Bertz CT molecular complexity index is 339. The number of aliphatic carboxylic acids is 1. The Labute approximate surface area is 112 Å². The zero-order valence-corrected chi connectivity index (χ0v) is 11.1. The fourth-order valence-corrected chi connectivity index (χ4v) is 2.56. The zero-order chi connectivity index (χ0) is 14.0. The first-order chi connectivity index (χ1) is 8.99. The van der Waals surface area contributed by atoms with Crippen LogP contribution in [0.5, 0.6) is 0 Å². The lowest BCUT2D eigenvalue weighted by atomic mass is 9.98. The summed E-state index contributed by atoms with van der Waals surface area (Å²) in [6.45, 7) is 1.95. The summed E-state index contributed by atoms with van der Waals surface area (Å²) in [6.07, 6.45) is 3.86. The number of carbonyl (C=O) groups is 2. The van der Waals surface area contributed by atoms with Crippen molar-refractivity contribution in [2.75, 3.05) is 6.54 Å². The Morgan fingerprint density at radius 2 is 1.74 bits per heavy atom. The molecule has 2 aliphatic rings. The van der Waals surface area contributed by atoms with Crippen molar-refractivity contribution in [3.05, 3.63) is 0 Å². The minimum Gasteiger partial charge on any atom is -0.480 e. The second kappa shape index (κ2) is 5.77. The summed E-state index contributed by atoms with van der Waals surface area (Å²) in [5, 5.41) is 23.2. The van der Waals surface area contributed by atoms with Crippen LogP contribution in [0.4, 0.5) is 4.79 Å². The van der Waals surface area contributed by atoms with Gasteiger partial charge in [0.25, 0.3) is 0 Å². The zero-order valence-electron chi connectivity index (χ0n) is 11.1. The number of hydrogen-bond donors (Lipinski definition) is 4. The summed E-state index contributed by atoms with van der Waals surface area (Å²) in [5.74, 6) is 0.784. The SMILES string of the molecule is CC(O)C(NC(=O)NCC(C1CC1)C1CC1)C(=O)O. The Morgan fingerprint density at radius 1 is 1.21 bits per heavy atom. The molecule has 0 aromatic heterocycles. The summed E-state index contributed by atoms with van der Waals surface area (Å²) >= 11 is 0. The van der Waals surface area contributed by atoms with Crippen LogP contribution in [0.3, 0.4) is 0 Å². The molecule has 2 fully saturated rings. The molecule has 2 unspecified atom stereocenters. The smallest absolute Gasteiger partial charge is 0.328 e. The molecule has 6 nitrogen and oxygen atoms in total. The van der Waals surface area contributed by atoms with Gasteiger partial charge in [-0.2, -0.15) is 0 Å². The van der Waals surface area contributed by atoms with Gasteiger partial charge in [-0.25, -0.2) is 9.59 Å². The van der Waals surface area contributed by atoms with E-state index in [2.05, 4.69) is 10.6 Å². The van der Waals surface area contributed by atoms with Crippen molar-refractivity contribution >= 4 is 12.0 Å². The van der Waals surface area contributed by atoms with Gasteiger partial charge in [0.15, 0.2) is 6.04 Å². The molecule has 0 aromatic rings. The fraction of sp³-hybridized carbons (Fsp3) is 0.846. The van der Waals surface area contributed by atoms with Gasteiger partial charge in [-0.3, -0.25) is 0 Å². The average Bonchev–Trinajstić information content (AvgIpc) is 3.17. The van der Waals surface area contributed by atoms with E-state index in [0.717, 1.165) is 11.8 Å². The van der Waals surface area contributed by atoms with Gasteiger partial charge in [-0.05, 0) is 50.4 Å². The van der Waals surface area contributed by atoms with Crippen LogP contribution < -0.4 is 10.6 Å². The molecule has 2 amide bonds. The Morgan fingerprint density at radius 3 is 2.11 bits per heavy atom. The van der Waals surface area contributed by atoms with Gasteiger partial charge >= 0.3 is 12.0 Å². The number of nitrogens with one attached hydrogen (secondary N) is 2. The number of rotatable bonds is 7. The van der Waals surface area contributed by atoms with E-state index < -0.39 is 24.1 Å². The highest BCUT2D eigenvalue weighted by Crippen LogP contribution is 2.48. The van der Waals surface area contributed by atoms with Gasteiger partial charge in [-0.1, -0.05) is 0 Å². The van der Waals surface area contributed by atoms with Crippen LogP contribution in [0.15, 0.2) is 0 Å². The third-order valence-corrected chi connectivity index (χ3v) is 3.99. The Kier molecular flexibility index (Phi) is 4.29. The minimum absolute atomic E-state index is 0.514. The van der Waals surface area contributed by atoms with Crippen LogP contribution in [-0.4, -0.2) is 40.9 Å². The van der Waals surface area contributed by atoms with Crippen LogP contribution >= 0.6 is 0 Å². The molecular formula is C13H22N2O4. The molecule has 0 saturated heterocycles. The summed E-state index contributed by atoms with van der Waals surface area (Å²) in [6, 6.07) is -1.78. The van der Waals surface area contributed by atoms with Crippen molar-refractivity contribution in [3.63, 3.8) is 0 Å². The predicted molar refractivity (Wildman–Crippen MR) is 68.6 cm³/mol.